The molecule has 0 saturated heterocycles. The number of halogens is 1. The molecule has 0 aromatic carbocycles. The van der Waals surface area contributed by atoms with Crippen molar-refractivity contribution in [3.8, 4) is 0 Å². The van der Waals surface area contributed by atoms with Crippen LogP contribution in [0.25, 0.3) is 0 Å². The van der Waals surface area contributed by atoms with E-state index in [4.69, 9.17) is 0 Å². The van der Waals surface area contributed by atoms with Crippen molar-refractivity contribution < 1.29 is 0 Å². The Kier molecular flexibility index (Phi) is 4.62. The van der Waals surface area contributed by atoms with Gasteiger partial charge in [-0.15, -0.1) is 11.3 Å². The van der Waals surface area contributed by atoms with Crippen LogP contribution in [0.4, 0.5) is 0 Å². The maximum absolute atomic E-state index is 3.49. The van der Waals surface area contributed by atoms with Crippen molar-refractivity contribution in [3.05, 3.63) is 20.8 Å². The summed E-state index contributed by atoms with van der Waals surface area (Å²) in [6, 6.07) is 5.15. The lowest BCUT2D eigenvalue weighted by Gasteiger charge is -2.04. The summed E-state index contributed by atoms with van der Waals surface area (Å²) in [5.74, 6) is 0. The molecular formula is C11H17BrN2S. The van der Waals surface area contributed by atoms with Crippen LogP contribution in [0.1, 0.15) is 17.7 Å². The fraction of sp³-hybridized carbons (Fsp3) is 0.636. The minimum Gasteiger partial charge on any atom is -0.315 e. The van der Waals surface area contributed by atoms with Crippen molar-refractivity contribution in [1.82, 2.24) is 10.6 Å². The van der Waals surface area contributed by atoms with Crippen LogP contribution in [-0.2, 0) is 6.42 Å². The zero-order valence-corrected chi connectivity index (χ0v) is 11.2. The van der Waals surface area contributed by atoms with Crippen LogP contribution in [0, 0.1) is 0 Å². The predicted molar refractivity (Wildman–Crippen MR) is 69.6 cm³/mol. The highest BCUT2D eigenvalue weighted by Gasteiger charge is 2.19. The SMILES string of the molecule is Brc1ccc(CCNCCNC2CC2)s1. The van der Waals surface area contributed by atoms with E-state index < -0.39 is 0 Å². The van der Waals surface area contributed by atoms with Crippen LogP contribution in [0.2, 0.25) is 0 Å². The van der Waals surface area contributed by atoms with Crippen molar-refractivity contribution >= 4 is 27.3 Å². The Hall–Kier alpha value is 0.1000. The van der Waals surface area contributed by atoms with E-state index in [-0.39, 0.29) is 0 Å². The Morgan fingerprint density at radius 3 is 2.80 bits per heavy atom. The summed E-state index contributed by atoms with van der Waals surface area (Å²) in [4.78, 5) is 1.45. The first-order valence-corrected chi connectivity index (χ1v) is 7.14. The second-order valence-electron chi connectivity index (χ2n) is 3.93. The average molecular weight is 289 g/mol. The van der Waals surface area contributed by atoms with E-state index in [1.54, 1.807) is 0 Å². The first-order valence-electron chi connectivity index (χ1n) is 5.53. The fourth-order valence-electron chi connectivity index (χ4n) is 1.47. The van der Waals surface area contributed by atoms with Gasteiger partial charge in [-0.25, -0.2) is 0 Å². The molecule has 0 spiro atoms. The molecule has 1 heterocycles. The van der Waals surface area contributed by atoms with Crippen LogP contribution in [0.3, 0.4) is 0 Å². The Morgan fingerprint density at radius 2 is 2.13 bits per heavy atom. The largest absolute Gasteiger partial charge is 0.315 e. The molecule has 0 atom stereocenters. The van der Waals surface area contributed by atoms with E-state index in [1.165, 1.54) is 21.5 Å². The van der Waals surface area contributed by atoms with Gasteiger partial charge in [0, 0.05) is 30.6 Å². The van der Waals surface area contributed by atoms with Gasteiger partial charge in [0.2, 0.25) is 0 Å². The van der Waals surface area contributed by atoms with E-state index in [0.717, 1.165) is 32.1 Å². The van der Waals surface area contributed by atoms with Crippen molar-refractivity contribution in [2.24, 2.45) is 0 Å². The topological polar surface area (TPSA) is 24.1 Å². The Labute approximate surface area is 104 Å². The summed E-state index contributed by atoms with van der Waals surface area (Å²) in [5, 5.41) is 6.95. The summed E-state index contributed by atoms with van der Waals surface area (Å²) in [6.07, 6.45) is 3.89. The van der Waals surface area contributed by atoms with Gasteiger partial charge in [0.1, 0.15) is 0 Å². The van der Waals surface area contributed by atoms with Gasteiger partial charge in [0.25, 0.3) is 0 Å². The minimum atomic E-state index is 0.833. The fourth-order valence-corrected chi connectivity index (χ4v) is 2.96. The normalized spacial score (nSPS) is 15.8. The van der Waals surface area contributed by atoms with E-state index in [1.807, 2.05) is 11.3 Å². The minimum absolute atomic E-state index is 0.833. The summed E-state index contributed by atoms with van der Waals surface area (Å²) < 4.78 is 1.23. The molecule has 0 amide bonds. The lowest BCUT2D eigenvalue weighted by molar-refractivity contribution is 0.610. The standard InChI is InChI=1S/C11H17BrN2S/c12-11-4-3-10(15-11)5-6-13-7-8-14-9-1-2-9/h3-4,9,13-14H,1-2,5-8H2. The van der Waals surface area contributed by atoms with Gasteiger partial charge in [0.15, 0.2) is 0 Å². The number of thiophene rings is 1. The molecule has 1 fully saturated rings. The first kappa shape index (κ1) is 11.6. The smallest absolute Gasteiger partial charge is 0.0701 e. The molecule has 1 aliphatic rings. The van der Waals surface area contributed by atoms with Crippen LogP contribution < -0.4 is 10.6 Å². The number of hydrogen-bond donors (Lipinski definition) is 2. The van der Waals surface area contributed by atoms with Gasteiger partial charge < -0.3 is 10.6 Å². The maximum atomic E-state index is 3.49. The second-order valence-corrected chi connectivity index (χ2v) is 6.48. The molecule has 2 N–H and O–H groups in total. The molecule has 2 nitrogen and oxygen atoms in total. The molecule has 4 heteroatoms. The lowest BCUT2D eigenvalue weighted by atomic mass is 10.3. The third-order valence-corrected chi connectivity index (χ3v) is 4.17. The van der Waals surface area contributed by atoms with Crippen molar-refractivity contribution in [2.45, 2.75) is 25.3 Å². The highest BCUT2D eigenvalue weighted by atomic mass is 79.9. The summed E-state index contributed by atoms with van der Waals surface area (Å²) >= 11 is 5.30. The van der Waals surface area contributed by atoms with Gasteiger partial charge in [-0.05, 0) is 47.3 Å². The second kappa shape index (κ2) is 5.99. The van der Waals surface area contributed by atoms with Gasteiger partial charge in [-0.2, -0.15) is 0 Å². The summed E-state index contributed by atoms with van der Waals surface area (Å²) in [6.45, 7) is 3.28. The van der Waals surface area contributed by atoms with E-state index in [0.29, 0.717) is 0 Å². The van der Waals surface area contributed by atoms with Crippen molar-refractivity contribution in [1.29, 1.82) is 0 Å². The zero-order chi connectivity index (χ0) is 10.5. The molecule has 0 unspecified atom stereocenters. The average Bonchev–Trinajstić information content (AvgIpc) is 2.95. The molecule has 1 aromatic heterocycles. The van der Waals surface area contributed by atoms with Gasteiger partial charge in [-0.1, -0.05) is 0 Å². The quantitative estimate of drug-likeness (QED) is 0.753. The maximum Gasteiger partial charge on any atom is 0.0701 e. The van der Waals surface area contributed by atoms with Gasteiger partial charge in [-0.3, -0.25) is 0 Å². The van der Waals surface area contributed by atoms with Crippen molar-refractivity contribution in [2.75, 3.05) is 19.6 Å². The highest BCUT2D eigenvalue weighted by molar-refractivity contribution is 9.11. The van der Waals surface area contributed by atoms with Gasteiger partial charge >= 0.3 is 0 Å². The molecule has 84 valence electrons. The van der Waals surface area contributed by atoms with E-state index in [2.05, 4.69) is 38.7 Å². The molecule has 0 radical (unpaired) electrons. The molecule has 0 bridgehead atoms. The third kappa shape index (κ3) is 4.64. The van der Waals surface area contributed by atoms with Crippen LogP contribution in [0.15, 0.2) is 15.9 Å². The first-order chi connectivity index (χ1) is 7.34. The highest BCUT2D eigenvalue weighted by Crippen LogP contribution is 2.22. The van der Waals surface area contributed by atoms with Crippen LogP contribution >= 0.6 is 27.3 Å². The summed E-state index contributed by atoms with van der Waals surface area (Å²) in [5.41, 5.74) is 0. The van der Waals surface area contributed by atoms with Crippen LogP contribution in [-0.4, -0.2) is 25.7 Å². The number of hydrogen-bond acceptors (Lipinski definition) is 3. The lowest BCUT2D eigenvalue weighted by Crippen LogP contribution is -2.29. The van der Waals surface area contributed by atoms with E-state index >= 15 is 0 Å². The summed E-state index contributed by atoms with van der Waals surface area (Å²) in [7, 11) is 0. The van der Waals surface area contributed by atoms with E-state index in [9.17, 15) is 0 Å². The Morgan fingerprint density at radius 1 is 1.27 bits per heavy atom. The molecule has 1 aromatic rings. The number of nitrogens with one attached hydrogen (secondary N) is 2. The molecule has 1 aliphatic carbocycles. The zero-order valence-electron chi connectivity index (χ0n) is 8.76. The molecular weight excluding hydrogens is 272 g/mol. The van der Waals surface area contributed by atoms with Crippen molar-refractivity contribution in [3.63, 3.8) is 0 Å². The molecule has 1 saturated carbocycles. The third-order valence-electron chi connectivity index (χ3n) is 2.49. The molecule has 0 aliphatic heterocycles. The van der Waals surface area contributed by atoms with Crippen LogP contribution in [0.5, 0.6) is 0 Å². The Bertz CT molecular complexity index is 297. The predicted octanol–water partition coefficient (Wildman–Crippen LogP) is 2.39. The molecule has 2 rings (SSSR count). The van der Waals surface area contributed by atoms with Gasteiger partial charge in [0.05, 0.1) is 3.79 Å². The monoisotopic (exact) mass is 288 g/mol. The number of rotatable bonds is 7. The Balaban J connectivity index is 1.47. The molecule has 15 heavy (non-hydrogen) atoms.